The minimum Gasteiger partial charge on any atom is -0.374 e. The van der Waals surface area contributed by atoms with Gasteiger partial charge in [0.1, 0.15) is 24.4 Å². The zero-order valence-corrected chi connectivity index (χ0v) is 28.0. The molecule has 0 amide bonds. The molecule has 1 aliphatic carbocycles. The van der Waals surface area contributed by atoms with Gasteiger partial charge in [-0.1, -0.05) is 117 Å². The first-order valence-corrected chi connectivity index (χ1v) is 18.3. The molecule has 2 saturated heterocycles. The maximum Gasteiger partial charge on any atom is 0.475 e. The van der Waals surface area contributed by atoms with Crippen LogP contribution in [0.4, 0.5) is 0 Å². The van der Waals surface area contributed by atoms with E-state index in [-0.39, 0.29) is 38.4 Å². The fourth-order valence-electron chi connectivity index (χ4n) is 6.15. The molecular formula is C37H47O9P. The number of benzene rings is 3. The maximum atomic E-state index is 13.9. The van der Waals surface area contributed by atoms with Gasteiger partial charge < -0.3 is 23.7 Å². The van der Waals surface area contributed by atoms with Crippen LogP contribution in [0, 0.1) is 5.92 Å². The van der Waals surface area contributed by atoms with E-state index in [4.69, 9.17) is 37.3 Å². The molecule has 6 rings (SSSR count). The van der Waals surface area contributed by atoms with E-state index in [2.05, 4.69) is 0 Å². The van der Waals surface area contributed by atoms with Crippen LogP contribution in [0.2, 0.25) is 0 Å². The van der Waals surface area contributed by atoms with Crippen LogP contribution in [0.3, 0.4) is 0 Å². The van der Waals surface area contributed by atoms with Crippen LogP contribution in [0.1, 0.15) is 55.7 Å². The van der Waals surface area contributed by atoms with Crippen molar-refractivity contribution in [3.63, 3.8) is 0 Å². The standard InChI is InChI=1S/C37H47O9P/c1-28-22-42-47(38,43-23-28)46-36-35(41-26-31-18-10-4-11-19-31)34(40-25-30-16-8-3-9-17-30)33(27-39-24-29-14-6-2-7-15-29)45-37(36)44-32-20-12-5-13-21-32/h2-4,6-11,14-19,28,32-37H,5,12-13,20-27H2,1H3. The highest BCUT2D eigenvalue weighted by molar-refractivity contribution is 7.48. The second kappa shape index (κ2) is 17.3. The zero-order chi connectivity index (χ0) is 32.3. The Bertz CT molecular complexity index is 1360. The minimum absolute atomic E-state index is 0.0311. The van der Waals surface area contributed by atoms with Gasteiger partial charge in [0.15, 0.2) is 6.29 Å². The van der Waals surface area contributed by atoms with Gasteiger partial charge in [-0.05, 0) is 29.5 Å². The van der Waals surface area contributed by atoms with Crippen LogP contribution in [0.25, 0.3) is 0 Å². The Morgan fingerprint density at radius 2 is 1.21 bits per heavy atom. The highest BCUT2D eigenvalue weighted by atomic mass is 31.2. The Hall–Kier alpha value is -2.43. The summed E-state index contributed by atoms with van der Waals surface area (Å²) in [4.78, 5) is 0. The molecule has 254 valence electrons. The summed E-state index contributed by atoms with van der Waals surface area (Å²) in [6, 6.07) is 29.9. The van der Waals surface area contributed by atoms with Gasteiger partial charge in [0, 0.05) is 5.92 Å². The first-order valence-electron chi connectivity index (χ1n) is 16.9. The molecule has 5 atom stereocenters. The fourth-order valence-corrected chi connectivity index (χ4v) is 7.74. The summed E-state index contributed by atoms with van der Waals surface area (Å²) in [7, 11) is -3.95. The van der Waals surface area contributed by atoms with Gasteiger partial charge in [-0.2, -0.15) is 0 Å². The topological polar surface area (TPSA) is 90.9 Å². The Morgan fingerprint density at radius 3 is 1.79 bits per heavy atom. The van der Waals surface area contributed by atoms with Gasteiger partial charge in [0.05, 0.1) is 45.7 Å². The summed E-state index contributed by atoms with van der Waals surface area (Å²) < 4.78 is 64.7. The molecule has 0 aromatic heterocycles. The van der Waals surface area contributed by atoms with E-state index in [0.29, 0.717) is 13.2 Å². The number of phosphoric acid groups is 1. The first-order chi connectivity index (χ1) is 23.0. The van der Waals surface area contributed by atoms with Crippen molar-refractivity contribution in [2.45, 2.75) is 95.7 Å². The van der Waals surface area contributed by atoms with E-state index < -0.39 is 38.5 Å². The van der Waals surface area contributed by atoms with Crippen molar-refractivity contribution in [2.75, 3.05) is 19.8 Å². The Labute approximate surface area is 278 Å². The lowest BCUT2D eigenvalue weighted by Gasteiger charge is -2.47. The van der Waals surface area contributed by atoms with Crippen LogP contribution >= 0.6 is 7.82 Å². The zero-order valence-electron chi connectivity index (χ0n) is 27.1. The Balaban J connectivity index is 1.31. The molecule has 5 unspecified atom stereocenters. The van der Waals surface area contributed by atoms with Gasteiger partial charge in [-0.15, -0.1) is 0 Å². The summed E-state index contributed by atoms with van der Waals surface area (Å²) in [5.41, 5.74) is 3.03. The number of phosphoric ester groups is 1. The first kappa shape index (κ1) is 34.4. The SMILES string of the molecule is CC1COP(=O)(OC2C(OC3CCCCC3)OC(COCc3ccccc3)C(OCc3ccccc3)C2OCc2ccccc2)OC1. The lowest BCUT2D eigenvalue weighted by Crippen LogP contribution is -2.62. The third-order valence-electron chi connectivity index (χ3n) is 8.72. The molecule has 0 spiro atoms. The molecule has 0 bridgehead atoms. The van der Waals surface area contributed by atoms with E-state index >= 15 is 0 Å². The van der Waals surface area contributed by atoms with Crippen molar-refractivity contribution >= 4 is 7.82 Å². The molecule has 3 aromatic rings. The average molecular weight is 667 g/mol. The van der Waals surface area contributed by atoms with Crippen LogP contribution in [-0.2, 0) is 61.6 Å². The molecule has 0 N–H and O–H groups in total. The van der Waals surface area contributed by atoms with Crippen molar-refractivity contribution in [3.8, 4) is 0 Å². The van der Waals surface area contributed by atoms with Gasteiger partial charge >= 0.3 is 7.82 Å². The van der Waals surface area contributed by atoms with E-state index in [1.54, 1.807) is 0 Å². The highest BCUT2D eigenvalue weighted by Gasteiger charge is 2.53. The van der Waals surface area contributed by atoms with E-state index in [0.717, 1.165) is 42.4 Å². The summed E-state index contributed by atoms with van der Waals surface area (Å²) in [5, 5.41) is 0. The minimum atomic E-state index is -3.95. The molecule has 3 aliphatic rings. The van der Waals surface area contributed by atoms with Crippen LogP contribution in [0.15, 0.2) is 91.0 Å². The van der Waals surface area contributed by atoms with Gasteiger partial charge in [-0.3, -0.25) is 13.6 Å². The summed E-state index contributed by atoms with van der Waals surface area (Å²) in [6.07, 6.45) is 1.23. The molecule has 2 heterocycles. The average Bonchev–Trinajstić information content (AvgIpc) is 3.11. The second-order valence-corrected chi connectivity index (χ2v) is 14.3. The van der Waals surface area contributed by atoms with Crippen LogP contribution in [-0.4, -0.2) is 56.6 Å². The molecule has 0 radical (unpaired) electrons. The normalized spacial score (nSPS) is 30.2. The summed E-state index contributed by atoms with van der Waals surface area (Å²) in [6.45, 7) is 3.70. The van der Waals surface area contributed by atoms with Crippen molar-refractivity contribution < 1.29 is 41.8 Å². The molecule has 1 saturated carbocycles. The van der Waals surface area contributed by atoms with Crippen LogP contribution in [0.5, 0.6) is 0 Å². The summed E-state index contributed by atoms with van der Waals surface area (Å²) >= 11 is 0. The number of rotatable bonds is 14. The summed E-state index contributed by atoms with van der Waals surface area (Å²) in [5.74, 6) is 0.0933. The Kier molecular flexibility index (Phi) is 12.7. The lowest BCUT2D eigenvalue weighted by atomic mass is 9.96. The predicted molar refractivity (Wildman–Crippen MR) is 176 cm³/mol. The molecule has 3 fully saturated rings. The Morgan fingerprint density at radius 1 is 0.681 bits per heavy atom. The maximum absolute atomic E-state index is 13.9. The molecule has 9 nitrogen and oxygen atoms in total. The predicted octanol–water partition coefficient (Wildman–Crippen LogP) is 7.62. The molecular weight excluding hydrogens is 619 g/mol. The second-order valence-electron chi connectivity index (χ2n) is 12.7. The van der Waals surface area contributed by atoms with Crippen molar-refractivity contribution in [3.05, 3.63) is 108 Å². The fraction of sp³-hybridized carbons (Fsp3) is 0.514. The molecule has 3 aromatic carbocycles. The molecule has 2 aliphatic heterocycles. The number of hydrogen-bond donors (Lipinski definition) is 0. The highest BCUT2D eigenvalue weighted by Crippen LogP contribution is 2.55. The smallest absolute Gasteiger partial charge is 0.374 e. The third kappa shape index (κ3) is 10.0. The van der Waals surface area contributed by atoms with Gasteiger partial charge in [-0.25, -0.2) is 4.57 Å². The van der Waals surface area contributed by atoms with Gasteiger partial charge in [0.25, 0.3) is 0 Å². The van der Waals surface area contributed by atoms with E-state index in [9.17, 15) is 4.57 Å². The van der Waals surface area contributed by atoms with Crippen molar-refractivity contribution in [2.24, 2.45) is 5.92 Å². The number of ether oxygens (including phenoxy) is 5. The molecule has 10 heteroatoms. The van der Waals surface area contributed by atoms with Gasteiger partial charge in [0.2, 0.25) is 0 Å². The lowest BCUT2D eigenvalue weighted by molar-refractivity contribution is -0.326. The quantitative estimate of drug-likeness (QED) is 0.161. The third-order valence-corrected chi connectivity index (χ3v) is 10.2. The van der Waals surface area contributed by atoms with E-state index in [1.165, 1.54) is 6.42 Å². The molecule has 47 heavy (non-hydrogen) atoms. The van der Waals surface area contributed by atoms with E-state index in [1.807, 2.05) is 97.9 Å². The van der Waals surface area contributed by atoms with Crippen molar-refractivity contribution in [1.82, 2.24) is 0 Å². The van der Waals surface area contributed by atoms with Crippen molar-refractivity contribution in [1.29, 1.82) is 0 Å². The number of hydrogen-bond acceptors (Lipinski definition) is 9. The van der Waals surface area contributed by atoms with Crippen LogP contribution < -0.4 is 0 Å². The largest absolute Gasteiger partial charge is 0.475 e. The monoisotopic (exact) mass is 666 g/mol.